The monoisotopic (exact) mass is 284 g/mol. The zero-order valence-corrected chi connectivity index (χ0v) is 11.1. The zero-order chi connectivity index (χ0) is 14.8. The van der Waals surface area contributed by atoms with Gasteiger partial charge in [0.1, 0.15) is 5.56 Å². The first-order valence-electron chi connectivity index (χ1n) is 6.20. The van der Waals surface area contributed by atoms with Gasteiger partial charge in [-0.1, -0.05) is 0 Å². The van der Waals surface area contributed by atoms with Gasteiger partial charge in [0.25, 0.3) is 5.91 Å². The number of aromatic nitrogens is 3. The number of carbonyl (C=O) groups is 1. The van der Waals surface area contributed by atoms with E-state index < -0.39 is 0 Å². The first kappa shape index (κ1) is 12.9. The predicted molar refractivity (Wildman–Crippen MR) is 77.7 cm³/mol. The summed E-state index contributed by atoms with van der Waals surface area (Å²) in [7, 11) is 1.45. The van der Waals surface area contributed by atoms with Crippen LogP contribution in [-0.4, -0.2) is 28.0 Å². The van der Waals surface area contributed by atoms with E-state index >= 15 is 0 Å². The molecule has 2 heterocycles. The van der Waals surface area contributed by atoms with Crippen LogP contribution >= 0.6 is 0 Å². The molecule has 0 aliphatic carbocycles. The van der Waals surface area contributed by atoms with Crippen molar-refractivity contribution in [2.45, 2.75) is 0 Å². The molecule has 0 unspecified atom stereocenters. The molecule has 2 aromatic heterocycles. The number of nitrogens with zero attached hydrogens (tertiary/aromatic N) is 1. The number of nitrogens with one attached hydrogen (secondary N) is 3. The molecule has 106 valence electrons. The van der Waals surface area contributed by atoms with E-state index in [2.05, 4.69) is 20.3 Å². The van der Waals surface area contributed by atoms with Gasteiger partial charge >= 0.3 is 5.69 Å². The lowest BCUT2D eigenvalue weighted by atomic mass is 10.2. The van der Waals surface area contributed by atoms with Gasteiger partial charge in [-0.05, 0) is 30.3 Å². The van der Waals surface area contributed by atoms with Gasteiger partial charge in [0.15, 0.2) is 0 Å². The Morgan fingerprint density at radius 3 is 2.86 bits per heavy atom. The number of H-pyrrole nitrogens is 2. The van der Waals surface area contributed by atoms with Crippen LogP contribution in [-0.2, 0) is 0 Å². The van der Waals surface area contributed by atoms with Crippen LogP contribution in [0.2, 0.25) is 0 Å². The lowest BCUT2D eigenvalue weighted by Gasteiger charge is -2.08. The molecule has 0 aliphatic heterocycles. The van der Waals surface area contributed by atoms with Crippen LogP contribution in [0.4, 0.5) is 5.69 Å². The number of rotatable bonds is 3. The van der Waals surface area contributed by atoms with Gasteiger partial charge in [-0.2, -0.15) is 0 Å². The molecule has 0 spiro atoms. The molecule has 3 N–H and O–H groups in total. The largest absolute Gasteiger partial charge is 0.480 e. The Morgan fingerprint density at radius 2 is 2.05 bits per heavy atom. The Kier molecular flexibility index (Phi) is 3.15. The van der Waals surface area contributed by atoms with Crippen LogP contribution in [0.25, 0.3) is 11.0 Å². The molecular weight excluding hydrogens is 272 g/mol. The Bertz CT molecular complexity index is 866. The fraction of sp³-hybridized carbons (Fsp3) is 0.0714. The number of aromatic amines is 2. The third-order valence-corrected chi connectivity index (χ3v) is 2.98. The molecular formula is C14H12N4O3. The molecule has 0 bridgehead atoms. The summed E-state index contributed by atoms with van der Waals surface area (Å²) in [6.45, 7) is 0. The van der Waals surface area contributed by atoms with Crippen molar-refractivity contribution in [3.8, 4) is 5.88 Å². The second-order valence-electron chi connectivity index (χ2n) is 4.35. The molecule has 0 saturated heterocycles. The van der Waals surface area contributed by atoms with Crippen molar-refractivity contribution in [1.29, 1.82) is 0 Å². The quantitative estimate of drug-likeness (QED) is 0.678. The Labute approximate surface area is 119 Å². The van der Waals surface area contributed by atoms with Gasteiger partial charge < -0.3 is 20.0 Å². The van der Waals surface area contributed by atoms with Crippen molar-refractivity contribution < 1.29 is 9.53 Å². The maximum Gasteiger partial charge on any atom is 0.323 e. The van der Waals surface area contributed by atoms with Crippen molar-refractivity contribution in [2.75, 3.05) is 12.4 Å². The van der Waals surface area contributed by atoms with E-state index in [9.17, 15) is 9.59 Å². The molecule has 0 saturated carbocycles. The number of benzene rings is 1. The number of hydrogen-bond donors (Lipinski definition) is 3. The van der Waals surface area contributed by atoms with E-state index in [0.29, 0.717) is 22.3 Å². The van der Waals surface area contributed by atoms with E-state index in [-0.39, 0.29) is 17.5 Å². The molecule has 1 aromatic carbocycles. The summed E-state index contributed by atoms with van der Waals surface area (Å²) in [5, 5.41) is 2.74. The third kappa shape index (κ3) is 2.48. The number of amides is 1. The van der Waals surface area contributed by atoms with Crippen molar-refractivity contribution in [3.63, 3.8) is 0 Å². The third-order valence-electron chi connectivity index (χ3n) is 2.98. The zero-order valence-electron chi connectivity index (χ0n) is 11.1. The van der Waals surface area contributed by atoms with Gasteiger partial charge in [-0.3, -0.25) is 4.79 Å². The maximum atomic E-state index is 12.2. The summed E-state index contributed by atoms with van der Waals surface area (Å²) in [6.07, 6.45) is 1.55. The number of imidazole rings is 1. The SMILES string of the molecule is COc1ncccc1C(=O)Nc1ccc2[nH]c(=O)[nH]c2c1. The summed E-state index contributed by atoms with van der Waals surface area (Å²) in [4.78, 5) is 32.7. The number of anilines is 1. The molecule has 1 amide bonds. The van der Waals surface area contributed by atoms with Gasteiger partial charge in [-0.15, -0.1) is 0 Å². The van der Waals surface area contributed by atoms with Crippen LogP contribution in [0.1, 0.15) is 10.4 Å². The number of carbonyl (C=O) groups excluding carboxylic acids is 1. The molecule has 0 aliphatic rings. The van der Waals surface area contributed by atoms with Crippen molar-refractivity contribution in [1.82, 2.24) is 15.0 Å². The highest BCUT2D eigenvalue weighted by Gasteiger charge is 2.13. The highest BCUT2D eigenvalue weighted by Crippen LogP contribution is 2.18. The summed E-state index contributed by atoms with van der Waals surface area (Å²) in [5.74, 6) is -0.0803. The minimum atomic E-state index is -0.336. The molecule has 7 nitrogen and oxygen atoms in total. The van der Waals surface area contributed by atoms with Gasteiger partial charge in [0, 0.05) is 11.9 Å². The Morgan fingerprint density at radius 1 is 1.24 bits per heavy atom. The van der Waals surface area contributed by atoms with E-state index in [0.717, 1.165) is 0 Å². The lowest BCUT2D eigenvalue weighted by molar-refractivity contribution is 0.102. The fourth-order valence-corrected chi connectivity index (χ4v) is 2.04. The molecule has 21 heavy (non-hydrogen) atoms. The number of pyridine rings is 1. The van der Waals surface area contributed by atoms with Crippen LogP contribution < -0.4 is 15.7 Å². The van der Waals surface area contributed by atoms with Crippen molar-refractivity contribution >= 4 is 22.6 Å². The fourth-order valence-electron chi connectivity index (χ4n) is 2.04. The molecule has 3 rings (SSSR count). The van der Waals surface area contributed by atoms with E-state index in [1.807, 2.05) is 0 Å². The normalized spacial score (nSPS) is 10.5. The van der Waals surface area contributed by atoms with Gasteiger partial charge in [-0.25, -0.2) is 9.78 Å². The molecule has 3 aromatic rings. The Balaban J connectivity index is 1.90. The average molecular weight is 284 g/mol. The number of methoxy groups -OCH3 is 1. The number of ether oxygens (including phenoxy) is 1. The summed E-state index contributed by atoms with van der Waals surface area (Å²) in [5.41, 5.74) is 1.91. The van der Waals surface area contributed by atoms with Crippen LogP contribution in [0, 0.1) is 0 Å². The standard InChI is InChI=1S/C14H12N4O3/c1-21-13-9(3-2-6-15-13)12(19)16-8-4-5-10-11(7-8)18-14(20)17-10/h2-7H,1H3,(H,16,19)(H2,17,18,20). The minimum absolute atomic E-state index is 0.256. The van der Waals surface area contributed by atoms with Crippen LogP contribution in [0.5, 0.6) is 5.88 Å². The van der Waals surface area contributed by atoms with Gasteiger partial charge in [0.2, 0.25) is 5.88 Å². The van der Waals surface area contributed by atoms with Gasteiger partial charge in [0.05, 0.1) is 18.1 Å². The Hall–Kier alpha value is -3.09. The smallest absolute Gasteiger partial charge is 0.323 e. The molecule has 0 radical (unpaired) electrons. The summed E-state index contributed by atoms with van der Waals surface area (Å²) in [6, 6.07) is 8.37. The van der Waals surface area contributed by atoms with E-state index in [4.69, 9.17) is 4.74 Å². The lowest BCUT2D eigenvalue weighted by Crippen LogP contribution is -2.13. The number of fused-ring (bicyclic) bond motifs is 1. The topological polar surface area (TPSA) is 99.9 Å². The second-order valence-corrected chi connectivity index (χ2v) is 4.35. The molecule has 0 fully saturated rings. The average Bonchev–Trinajstić information content (AvgIpc) is 2.86. The first-order chi connectivity index (χ1) is 10.2. The van der Waals surface area contributed by atoms with Crippen molar-refractivity contribution in [2.24, 2.45) is 0 Å². The maximum absolute atomic E-state index is 12.2. The van der Waals surface area contributed by atoms with Crippen LogP contribution in [0.15, 0.2) is 41.3 Å². The highest BCUT2D eigenvalue weighted by molar-refractivity contribution is 6.06. The first-order valence-corrected chi connectivity index (χ1v) is 6.20. The van der Waals surface area contributed by atoms with E-state index in [1.54, 1.807) is 36.5 Å². The van der Waals surface area contributed by atoms with E-state index in [1.165, 1.54) is 7.11 Å². The molecule has 0 atom stereocenters. The molecule has 7 heteroatoms. The number of hydrogen-bond acceptors (Lipinski definition) is 4. The van der Waals surface area contributed by atoms with Crippen LogP contribution in [0.3, 0.4) is 0 Å². The minimum Gasteiger partial charge on any atom is -0.480 e. The summed E-state index contributed by atoms with van der Waals surface area (Å²) >= 11 is 0. The highest BCUT2D eigenvalue weighted by atomic mass is 16.5. The summed E-state index contributed by atoms with van der Waals surface area (Å²) < 4.78 is 5.05. The second kappa shape index (κ2) is 5.12. The predicted octanol–water partition coefficient (Wildman–Crippen LogP) is 1.51. The van der Waals surface area contributed by atoms with Crippen molar-refractivity contribution in [3.05, 3.63) is 52.6 Å².